The van der Waals surface area contributed by atoms with E-state index in [4.69, 9.17) is 0 Å². The fourth-order valence-electron chi connectivity index (χ4n) is 2.39. The Kier molecular flexibility index (Phi) is 3.18. The van der Waals surface area contributed by atoms with E-state index in [2.05, 4.69) is 15.3 Å². The molecule has 1 aliphatic heterocycles. The molecule has 5 nitrogen and oxygen atoms in total. The van der Waals surface area contributed by atoms with Crippen molar-refractivity contribution in [1.82, 2.24) is 9.97 Å². The van der Waals surface area contributed by atoms with E-state index in [0.717, 1.165) is 34.4 Å². The highest BCUT2D eigenvalue weighted by atomic mass is 32.2. The van der Waals surface area contributed by atoms with E-state index < -0.39 is 9.84 Å². The van der Waals surface area contributed by atoms with Crippen LogP contribution in [0.5, 0.6) is 0 Å². The minimum Gasteiger partial charge on any atom is -0.367 e. The van der Waals surface area contributed by atoms with Crippen molar-refractivity contribution in [1.29, 1.82) is 0 Å². The molecule has 2 aromatic heterocycles. The zero-order valence-electron chi connectivity index (χ0n) is 10.6. The predicted octanol–water partition coefficient (Wildman–Crippen LogP) is 1.99. The average molecular weight is 297 g/mol. The summed E-state index contributed by atoms with van der Waals surface area (Å²) in [5.74, 6) is 1.06. The van der Waals surface area contributed by atoms with Gasteiger partial charge in [0.1, 0.15) is 12.1 Å². The number of hydrogen-bond donors (Lipinski definition) is 1. The van der Waals surface area contributed by atoms with Crippen LogP contribution in [0.1, 0.15) is 18.4 Å². The lowest BCUT2D eigenvalue weighted by atomic mass is 10.2. The van der Waals surface area contributed by atoms with E-state index in [0.29, 0.717) is 12.3 Å². The van der Waals surface area contributed by atoms with Gasteiger partial charge in [0.25, 0.3) is 0 Å². The van der Waals surface area contributed by atoms with Gasteiger partial charge in [-0.1, -0.05) is 0 Å². The fraction of sp³-hybridized carbons (Fsp3) is 0.500. The highest BCUT2D eigenvalue weighted by molar-refractivity contribution is 7.92. The lowest BCUT2D eigenvalue weighted by Crippen LogP contribution is -2.25. The standard InChI is InChI=1S/C12H15N3O2S2/c1-8-6-18-11-10(8)14-7-15-12(11)13-5-9-3-2-4-19(9,16)17/h6-7,9H,2-5H2,1H3,(H,13,14,15). The highest BCUT2D eigenvalue weighted by Crippen LogP contribution is 2.29. The number of aromatic nitrogens is 2. The van der Waals surface area contributed by atoms with E-state index >= 15 is 0 Å². The molecule has 3 heterocycles. The third-order valence-corrected chi connectivity index (χ3v) is 6.86. The zero-order chi connectivity index (χ0) is 13.5. The third-order valence-electron chi connectivity index (χ3n) is 3.49. The molecule has 1 saturated heterocycles. The molecule has 3 rings (SSSR count). The molecule has 19 heavy (non-hydrogen) atoms. The first-order chi connectivity index (χ1) is 9.08. The van der Waals surface area contributed by atoms with Crippen LogP contribution < -0.4 is 5.32 Å². The van der Waals surface area contributed by atoms with Crippen molar-refractivity contribution < 1.29 is 8.42 Å². The van der Waals surface area contributed by atoms with E-state index in [-0.39, 0.29) is 5.25 Å². The van der Waals surface area contributed by atoms with E-state index in [1.807, 2.05) is 12.3 Å². The van der Waals surface area contributed by atoms with E-state index in [1.54, 1.807) is 11.3 Å². The quantitative estimate of drug-likeness (QED) is 0.938. The van der Waals surface area contributed by atoms with Crippen molar-refractivity contribution in [3.05, 3.63) is 17.3 Å². The lowest BCUT2D eigenvalue weighted by molar-refractivity contribution is 0.591. The first-order valence-corrected chi connectivity index (χ1v) is 8.81. The van der Waals surface area contributed by atoms with Crippen LogP contribution in [-0.4, -0.2) is 35.9 Å². The average Bonchev–Trinajstić information content (AvgIpc) is 2.91. The van der Waals surface area contributed by atoms with Gasteiger partial charge in [-0.25, -0.2) is 18.4 Å². The summed E-state index contributed by atoms with van der Waals surface area (Å²) in [6.07, 6.45) is 3.03. The van der Waals surface area contributed by atoms with Crippen molar-refractivity contribution in [3.8, 4) is 0 Å². The lowest BCUT2D eigenvalue weighted by Gasteiger charge is -2.11. The number of aryl methyl sites for hydroxylation is 1. The SMILES string of the molecule is Cc1csc2c(NCC3CCCS3(=O)=O)ncnc12. The second kappa shape index (κ2) is 4.72. The molecule has 1 aliphatic rings. The van der Waals surface area contributed by atoms with Crippen molar-refractivity contribution in [2.75, 3.05) is 17.6 Å². The summed E-state index contributed by atoms with van der Waals surface area (Å²) in [5, 5.41) is 4.94. The third kappa shape index (κ3) is 2.32. The van der Waals surface area contributed by atoms with Gasteiger partial charge in [0, 0.05) is 6.54 Å². The van der Waals surface area contributed by atoms with Crippen LogP contribution in [0.4, 0.5) is 5.82 Å². The van der Waals surface area contributed by atoms with Crippen molar-refractivity contribution in [2.24, 2.45) is 0 Å². The molecule has 0 aromatic carbocycles. The first kappa shape index (κ1) is 12.8. The van der Waals surface area contributed by atoms with Gasteiger partial charge in [-0.3, -0.25) is 0 Å². The number of rotatable bonds is 3. The summed E-state index contributed by atoms with van der Waals surface area (Å²) in [6, 6.07) is 0. The van der Waals surface area contributed by atoms with Crippen LogP contribution in [0, 0.1) is 6.92 Å². The molecule has 2 aromatic rings. The van der Waals surface area contributed by atoms with Gasteiger partial charge in [0.2, 0.25) is 0 Å². The van der Waals surface area contributed by atoms with Crippen LogP contribution in [0.2, 0.25) is 0 Å². The second-order valence-electron chi connectivity index (χ2n) is 4.83. The van der Waals surface area contributed by atoms with Crippen LogP contribution in [0.3, 0.4) is 0 Å². The topological polar surface area (TPSA) is 72.0 Å². The first-order valence-electron chi connectivity index (χ1n) is 6.22. The number of anilines is 1. The summed E-state index contributed by atoms with van der Waals surface area (Å²) in [5.41, 5.74) is 2.07. The molecule has 1 unspecified atom stereocenters. The summed E-state index contributed by atoms with van der Waals surface area (Å²) >= 11 is 1.59. The molecule has 1 fully saturated rings. The predicted molar refractivity (Wildman–Crippen MR) is 77.5 cm³/mol. The number of sulfone groups is 1. The second-order valence-corrected chi connectivity index (χ2v) is 8.11. The molecule has 0 radical (unpaired) electrons. The normalized spacial score (nSPS) is 21.8. The molecule has 1 atom stereocenters. The van der Waals surface area contributed by atoms with Crippen LogP contribution >= 0.6 is 11.3 Å². The van der Waals surface area contributed by atoms with Gasteiger partial charge >= 0.3 is 0 Å². The van der Waals surface area contributed by atoms with Gasteiger partial charge in [-0.2, -0.15) is 0 Å². The molecule has 0 aliphatic carbocycles. The maximum atomic E-state index is 11.8. The summed E-state index contributed by atoms with van der Waals surface area (Å²) in [4.78, 5) is 8.47. The molecule has 102 valence electrons. The van der Waals surface area contributed by atoms with Crippen molar-refractivity contribution in [2.45, 2.75) is 25.0 Å². The molecule has 7 heteroatoms. The van der Waals surface area contributed by atoms with E-state index in [1.165, 1.54) is 6.33 Å². The Morgan fingerprint density at radius 3 is 3.05 bits per heavy atom. The Labute approximate surface area is 116 Å². The largest absolute Gasteiger partial charge is 0.367 e. The van der Waals surface area contributed by atoms with Gasteiger partial charge < -0.3 is 5.32 Å². The van der Waals surface area contributed by atoms with Crippen LogP contribution in [0.25, 0.3) is 10.2 Å². The smallest absolute Gasteiger partial charge is 0.154 e. The molecule has 0 amide bonds. The summed E-state index contributed by atoms with van der Waals surface area (Å²) in [6.45, 7) is 2.45. The number of thiophene rings is 1. The number of fused-ring (bicyclic) bond motifs is 1. The van der Waals surface area contributed by atoms with Gasteiger partial charge in [-0.15, -0.1) is 11.3 Å². The Morgan fingerprint density at radius 1 is 1.47 bits per heavy atom. The Hall–Kier alpha value is -1.21. The zero-order valence-corrected chi connectivity index (χ0v) is 12.2. The molecule has 0 saturated carbocycles. The maximum Gasteiger partial charge on any atom is 0.154 e. The molecule has 0 spiro atoms. The molecule has 1 N–H and O–H groups in total. The molecular formula is C12H15N3O2S2. The van der Waals surface area contributed by atoms with Crippen LogP contribution in [0.15, 0.2) is 11.7 Å². The number of hydrogen-bond acceptors (Lipinski definition) is 6. The molecule has 0 bridgehead atoms. The van der Waals surface area contributed by atoms with E-state index in [9.17, 15) is 8.42 Å². The minimum atomic E-state index is -2.91. The maximum absolute atomic E-state index is 11.8. The Bertz CT molecular complexity index is 709. The van der Waals surface area contributed by atoms with Crippen molar-refractivity contribution in [3.63, 3.8) is 0 Å². The monoisotopic (exact) mass is 297 g/mol. The van der Waals surface area contributed by atoms with Gasteiger partial charge in [0.15, 0.2) is 9.84 Å². The Balaban J connectivity index is 1.83. The number of nitrogens with zero attached hydrogens (tertiary/aromatic N) is 2. The summed E-state index contributed by atoms with van der Waals surface area (Å²) < 4.78 is 24.6. The van der Waals surface area contributed by atoms with Gasteiger partial charge in [-0.05, 0) is 30.7 Å². The van der Waals surface area contributed by atoms with Gasteiger partial charge in [0.05, 0.1) is 21.2 Å². The summed E-state index contributed by atoms with van der Waals surface area (Å²) in [7, 11) is -2.91. The highest BCUT2D eigenvalue weighted by Gasteiger charge is 2.31. The van der Waals surface area contributed by atoms with Crippen molar-refractivity contribution >= 4 is 37.2 Å². The minimum absolute atomic E-state index is 0.279. The fourth-order valence-corrected chi connectivity index (χ4v) is 5.13. The Morgan fingerprint density at radius 2 is 2.32 bits per heavy atom. The van der Waals surface area contributed by atoms with Crippen LogP contribution in [-0.2, 0) is 9.84 Å². The molecular weight excluding hydrogens is 282 g/mol. The number of nitrogens with one attached hydrogen (secondary N) is 1.